The first-order valence-corrected chi connectivity index (χ1v) is 20.6. The molecule has 2 amide bonds. The van der Waals surface area contributed by atoms with Gasteiger partial charge in [-0.1, -0.05) is 43.3 Å². The Morgan fingerprint density at radius 3 is 2.40 bits per heavy atom. The summed E-state index contributed by atoms with van der Waals surface area (Å²) in [6, 6.07) is 23.5. The molecule has 1 N–H and O–H groups in total. The Hall–Kier alpha value is -4.78. The van der Waals surface area contributed by atoms with Gasteiger partial charge in [-0.15, -0.1) is 0 Å². The predicted octanol–water partition coefficient (Wildman–Crippen LogP) is 5.51. The van der Waals surface area contributed by atoms with E-state index >= 15 is 4.11 Å². The van der Waals surface area contributed by atoms with E-state index in [1.807, 2.05) is 61.5 Å². The van der Waals surface area contributed by atoms with Crippen LogP contribution in [0.2, 0.25) is 18.6 Å². The maximum Gasteiger partial charge on any atom is 0.297 e. The van der Waals surface area contributed by atoms with E-state index < -0.39 is 37.6 Å². The van der Waals surface area contributed by atoms with Crippen molar-refractivity contribution in [2.24, 2.45) is 5.92 Å². The molecule has 4 aromatic rings. The number of carbonyl (C=O) groups is 2. The smallest absolute Gasteiger partial charge is 0.297 e. The van der Waals surface area contributed by atoms with Crippen molar-refractivity contribution >= 4 is 25.9 Å². The number of ether oxygens (including phenoxy) is 3. The number of nitrogens with zero attached hydrogens (tertiary/aromatic N) is 3. The summed E-state index contributed by atoms with van der Waals surface area (Å²) in [5.74, 6) is -0.408. The van der Waals surface area contributed by atoms with Crippen LogP contribution in [0.5, 0.6) is 11.5 Å². The van der Waals surface area contributed by atoms with Crippen LogP contribution in [0.1, 0.15) is 35.6 Å². The van der Waals surface area contributed by atoms with Crippen molar-refractivity contribution in [2.75, 3.05) is 25.7 Å². The largest absolute Gasteiger partial charge is 0.497 e. The van der Waals surface area contributed by atoms with Gasteiger partial charge in [0.15, 0.2) is 11.4 Å². The van der Waals surface area contributed by atoms with E-state index in [0.717, 1.165) is 16.7 Å². The number of aliphatic hydroxyl groups is 1. The van der Waals surface area contributed by atoms with Crippen LogP contribution >= 0.6 is 0 Å². The standard InChI is InChI=1S/C40H44FN3O7Si/c1-25-37(52(4,5)41)35(21-36(46)43-23-28-10-7-6-9-27(28)19-30(43)24-45)51-40(25)32-20-31(49-2)16-17-33(32)44(39(40)48)22-26-12-14-29(15-13-26)42-18-8-11-34(50-3)38(42)47/h6-18,20,25,30,35,37,45H,19,21-24H2,1-5H3/t25-,30+,35+,37-,40+/m1/s1. The van der Waals surface area contributed by atoms with Crippen molar-refractivity contribution in [3.63, 3.8) is 0 Å². The molecular formula is C40H44FN3O7Si. The third-order valence-corrected chi connectivity index (χ3v) is 13.6. The summed E-state index contributed by atoms with van der Waals surface area (Å²) in [7, 11) is -0.547. The fraction of sp³-hybridized carbons (Fsp3) is 0.375. The number of anilines is 1. The number of hydrogen-bond acceptors (Lipinski definition) is 7. The van der Waals surface area contributed by atoms with Crippen LogP contribution in [0.3, 0.4) is 0 Å². The van der Waals surface area contributed by atoms with E-state index in [0.29, 0.717) is 35.7 Å². The Morgan fingerprint density at radius 1 is 1.00 bits per heavy atom. The molecule has 0 aliphatic carbocycles. The number of halogens is 1. The predicted molar refractivity (Wildman–Crippen MR) is 197 cm³/mol. The number of aromatic nitrogens is 1. The Labute approximate surface area is 303 Å². The van der Waals surface area contributed by atoms with Crippen LogP contribution in [0.15, 0.2) is 89.9 Å². The molecule has 3 aliphatic rings. The molecular weight excluding hydrogens is 682 g/mol. The van der Waals surface area contributed by atoms with Crippen molar-refractivity contribution in [3.8, 4) is 17.2 Å². The highest BCUT2D eigenvalue weighted by Gasteiger charge is 2.67. The lowest BCUT2D eigenvalue weighted by atomic mass is 9.82. The summed E-state index contributed by atoms with van der Waals surface area (Å²) in [5.41, 5.74) is 2.26. The van der Waals surface area contributed by atoms with E-state index in [2.05, 4.69) is 0 Å². The first-order chi connectivity index (χ1) is 24.9. The Morgan fingerprint density at radius 2 is 1.73 bits per heavy atom. The topological polar surface area (TPSA) is 111 Å². The second-order valence-electron chi connectivity index (χ2n) is 14.5. The molecule has 5 atom stereocenters. The first-order valence-electron chi connectivity index (χ1n) is 17.6. The average molecular weight is 726 g/mol. The molecule has 0 bridgehead atoms. The molecule has 52 heavy (non-hydrogen) atoms. The summed E-state index contributed by atoms with van der Waals surface area (Å²) < 4.78 is 35.7. The molecule has 3 aliphatic heterocycles. The molecule has 7 rings (SSSR count). The van der Waals surface area contributed by atoms with Gasteiger partial charge in [0.05, 0.1) is 51.6 Å². The van der Waals surface area contributed by atoms with Gasteiger partial charge in [0.2, 0.25) is 14.3 Å². The van der Waals surface area contributed by atoms with Crippen molar-refractivity contribution < 1.29 is 33.0 Å². The first kappa shape index (κ1) is 35.6. The van der Waals surface area contributed by atoms with Crippen molar-refractivity contribution in [2.45, 2.75) is 69.2 Å². The molecule has 272 valence electrons. The van der Waals surface area contributed by atoms with Crippen LogP contribution in [-0.4, -0.2) is 67.8 Å². The van der Waals surface area contributed by atoms with Gasteiger partial charge < -0.3 is 33.2 Å². The van der Waals surface area contributed by atoms with E-state index in [-0.39, 0.29) is 42.7 Å². The molecule has 1 spiro atoms. The molecule has 12 heteroatoms. The number of amides is 2. The Kier molecular flexibility index (Phi) is 9.34. The number of aliphatic hydroxyl groups excluding tert-OH is 1. The van der Waals surface area contributed by atoms with Crippen LogP contribution in [0, 0.1) is 5.92 Å². The Bertz CT molecular complexity index is 2070. The molecule has 1 fully saturated rings. The second-order valence-corrected chi connectivity index (χ2v) is 18.3. The highest BCUT2D eigenvalue weighted by atomic mass is 28.4. The van der Waals surface area contributed by atoms with Crippen LogP contribution in [0.4, 0.5) is 9.80 Å². The van der Waals surface area contributed by atoms with Gasteiger partial charge in [0.25, 0.3) is 11.5 Å². The monoisotopic (exact) mass is 725 g/mol. The van der Waals surface area contributed by atoms with E-state index in [4.69, 9.17) is 14.2 Å². The minimum absolute atomic E-state index is 0.118. The average Bonchev–Trinajstić information content (AvgIpc) is 3.56. The summed E-state index contributed by atoms with van der Waals surface area (Å²) in [6.07, 6.45) is 1.20. The third kappa shape index (κ3) is 5.92. The SMILES string of the molecule is COc1ccc2c(c1)[C@]1(O[C@@H](CC(=O)N3Cc4ccccc4C[C@H]3CO)[C@H]([Si](C)(C)F)[C@H]1C)C(=O)N2Cc1ccc(-n2cccc(OC)c2=O)cc1. The Balaban J connectivity index is 1.21. The van der Waals surface area contributed by atoms with E-state index in [9.17, 15) is 19.5 Å². The molecule has 1 aromatic heterocycles. The number of methoxy groups -OCH3 is 2. The summed E-state index contributed by atoms with van der Waals surface area (Å²) >= 11 is 0. The number of hydrogen-bond donors (Lipinski definition) is 1. The van der Waals surface area contributed by atoms with Crippen LogP contribution < -0.4 is 19.9 Å². The summed E-state index contributed by atoms with van der Waals surface area (Å²) in [4.78, 5) is 45.2. The van der Waals surface area contributed by atoms with Crippen LogP contribution in [-0.2, 0) is 39.4 Å². The third-order valence-electron chi connectivity index (χ3n) is 11.1. The van der Waals surface area contributed by atoms with E-state index in [1.165, 1.54) is 11.7 Å². The zero-order valence-electron chi connectivity index (χ0n) is 30.0. The van der Waals surface area contributed by atoms with Gasteiger partial charge in [-0.3, -0.25) is 19.0 Å². The minimum Gasteiger partial charge on any atom is -0.497 e. The lowest BCUT2D eigenvalue weighted by Crippen LogP contribution is -2.48. The number of benzene rings is 3. The summed E-state index contributed by atoms with van der Waals surface area (Å²) in [5, 5.41) is 10.3. The van der Waals surface area contributed by atoms with Crippen molar-refractivity contribution in [1.29, 1.82) is 0 Å². The quantitative estimate of drug-likeness (QED) is 0.179. The lowest BCUT2D eigenvalue weighted by Gasteiger charge is -2.37. The van der Waals surface area contributed by atoms with Gasteiger partial charge in [0.1, 0.15) is 5.75 Å². The zero-order valence-corrected chi connectivity index (χ0v) is 31.0. The van der Waals surface area contributed by atoms with Gasteiger partial charge in [-0.05, 0) is 78.7 Å². The minimum atomic E-state index is -3.55. The maximum absolute atomic E-state index is 16.5. The molecule has 4 heterocycles. The number of rotatable bonds is 9. The molecule has 1 saturated heterocycles. The molecule has 10 nitrogen and oxygen atoms in total. The number of fused-ring (bicyclic) bond motifs is 3. The fourth-order valence-corrected chi connectivity index (χ4v) is 11.1. The van der Waals surface area contributed by atoms with Crippen molar-refractivity contribution in [1.82, 2.24) is 9.47 Å². The molecule has 0 saturated carbocycles. The summed E-state index contributed by atoms with van der Waals surface area (Å²) in [6.45, 7) is 5.42. The van der Waals surface area contributed by atoms with Gasteiger partial charge in [-0.2, -0.15) is 0 Å². The second kappa shape index (κ2) is 13.6. The number of pyridine rings is 1. The molecule has 0 unspecified atom stereocenters. The van der Waals surface area contributed by atoms with Crippen LogP contribution in [0.25, 0.3) is 5.69 Å². The highest BCUT2D eigenvalue weighted by molar-refractivity contribution is 6.72. The molecule has 3 aromatic carbocycles. The molecule has 0 radical (unpaired) electrons. The fourth-order valence-electron chi connectivity index (χ4n) is 8.62. The zero-order chi connectivity index (χ0) is 36.9. The van der Waals surface area contributed by atoms with Gasteiger partial charge in [0, 0.05) is 35.5 Å². The lowest BCUT2D eigenvalue weighted by molar-refractivity contribution is -0.151. The van der Waals surface area contributed by atoms with Crippen molar-refractivity contribution in [3.05, 3.63) is 118 Å². The normalized spacial score (nSPS) is 23.9. The van der Waals surface area contributed by atoms with Gasteiger partial charge >= 0.3 is 0 Å². The highest BCUT2D eigenvalue weighted by Crippen LogP contribution is 2.60. The van der Waals surface area contributed by atoms with E-state index in [1.54, 1.807) is 60.5 Å². The number of carbonyl (C=O) groups excluding carboxylic acids is 2. The maximum atomic E-state index is 16.5. The van der Waals surface area contributed by atoms with Gasteiger partial charge in [-0.25, -0.2) is 0 Å².